The number of benzene rings is 1. The Labute approximate surface area is 144 Å². The number of rotatable bonds is 4. The monoisotopic (exact) mass is 344 g/mol. The van der Waals surface area contributed by atoms with Crippen molar-refractivity contribution in [2.45, 2.75) is 37.4 Å². The molecule has 6 heteroatoms. The molecule has 5 nitrogen and oxygen atoms in total. The molecule has 1 amide bonds. The Morgan fingerprint density at radius 1 is 1.46 bits per heavy atom. The fourth-order valence-corrected chi connectivity index (χ4v) is 4.40. The highest BCUT2D eigenvalue weighted by atomic mass is 32.1. The normalized spacial score (nSPS) is 25.6. The van der Waals surface area contributed by atoms with E-state index in [1.807, 2.05) is 24.3 Å². The summed E-state index contributed by atoms with van der Waals surface area (Å²) in [7, 11) is 0. The van der Waals surface area contributed by atoms with E-state index in [0.717, 1.165) is 42.0 Å². The number of nitrogens with zero attached hydrogens (tertiary/aromatic N) is 1. The van der Waals surface area contributed by atoms with Crippen LogP contribution < -0.4 is 5.32 Å². The van der Waals surface area contributed by atoms with Crippen molar-refractivity contribution in [1.82, 2.24) is 10.3 Å². The first kappa shape index (κ1) is 15.7. The molecule has 0 radical (unpaired) electrons. The van der Waals surface area contributed by atoms with Crippen LogP contribution in [0.5, 0.6) is 0 Å². The molecule has 0 spiro atoms. The van der Waals surface area contributed by atoms with Crippen molar-refractivity contribution in [3.63, 3.8) is 0 Å². The van der Waals surface area contributed by atoms with E-state index in [0.29, 0.717) is 11.3 Å². The third-order valence-electron chi connectivity index (χ3n) is 4.82. The molecule has 4 rings (SSSR count). The molecule has 2 atom stereocenters. The highest BCUT2D eigenvalue weighted by molar-refractivity contribution is 7.13. The van der Waals surface area contributed by atoms with Gasteiger partial charge in [0.1, 0.15) is 21.6 Å². The number of hydrogen-bond acceptors (Lipinski definition) is 5. The molecule has 1 aromatic carbocycles. The second-order valence-corrected chi connectivity index (χ2v) is 7.50. The summed E-state index contributed by atoms with van der Waals surface area (Å²) in [5.41, 5.74) is 1.11. The number of amides is 1. The number of hydrogen-bond donors (Lipinski definition) is 2. The summed E-state index contributed by atoms with van der Waals surface area (Å²) in [5, 5.41) is 14.6. The van der Waals surface area contributed by atoms with E-state index in [-0.39, 0.29) is 18.6 Å². The largest absolute Gasteiger partial charge is 0.383 e. The van der Waals surface area contributed by atoms with Crippen molar-refractivity contribution in [2.24, 2.45) is 0 Å². The molecule has 2 aliphatic rings. The van der Waals surface area contributed by atoms with Gasteiger partial charge in [0, 0.05) is 6.61 Å². The average molecular weight is 344 g/mol. The fraction of sp³-hybridized carbons (Fsp3) is 0.444. The number of aliphatic hydroxyl groups is 1. The molecule has 126 valence electrons. The van der Waals surface area contributed by atoms with Gasteiger partial charge in [-0.05, 0) is 36.8 Å². The molecule has 2 aromatic rings. The van der Waals surface area contributed by atoms with Crippen LogP contribution >= 0.6 is 11.3 Å². The van der Waals surface area contributed by atoms with Crippen molar-refractivity contribution < 1.29 is 14.6 Å². The molecule has 0 saturated carbocycles. The molecule has 1 aliphatic carbocycles. The zero-order valence-electron chi connectivity index (χ0n) is 13.3. The molecule has 2 unspecified atom stereocenters. The molecule has 1 aliphatic heterocycles. The van der Waals surface area contributed by atoms with Crippen LogP contribution in [0.25, 0.3) is 0 Å². The lowest BCUT2D eigenvalue weighted by atomic mass is 9.96. The van der Waals surface area contributed by atoms with Gasteiger partial charge >= 0.3 is 0 Å². The van der Waals surface area contributed by atoms with Gasteiger partial charge in [-0.15, -0.1) is 11.3 Å². The Balaban J connectivity index is 1.42. The zero-order chi connectivity index (χ0) is 16.6. The SMILES string of the molecule is O=C(NCC1(O)CCc2ccccc21)c1cnc(C2CCCO2)s1. The number of thiazole rings is 1. The van der Waals surface area contributed by atoms with Crippen molar-refractivity contribution in [1.29, 1.82) is 0 Å². The summed E-state index contributed by atoms with van der Waals surface area (Å²) in [6.45, 7) is 0.980. The van der Waals surface area contributed by atoms with Crippen molar-refractivity contribution in [3.8, 4) is 0 Å². The highest BCUT2D eigenvalue weighted by Gasteiger charge is 2.36. The van der Waals surface area contributed by atoms with E-state index in [9.17, 15) is 9.90 Å². The number of nitrogens with one attached hydrogen (secondary N) is 1. The van der Waals surface area contributed by atoms with Crippen molar-refractivity contribution in [2.75, 3.05) is 13.2 Å². The second kappa shape index (κ2) is 6.27. The van der Waals surface area contributed by atoms with Gasteiger partial charge in [-0.25, -0.2) is 4.98 Å². The maximum Gasteiger partial charge on any atom is 0.263 e. The predicted molar refractivity (Wildman–Crippen MR) is 91.0 cm³/mol. The lowest BCUT2D eigenvalue weighted by Gasteiger charge is -2.24. The maximum absolute atomic E-state index is 12.4. The van der Waals surface area contributed by atoms with Crippen LogP contribution in [0.15, 0.2) is 30.5 Å². The van der Waals surface area contributed by atoms with Crippen LogP contribution in [0.3, 0.4) is 0 Å². The van der Waals surface area contributed by atoms with E-state index in [4.69, 9.17) is 4.74 Å². The Morgan fingerprint density at radius 2 is 2.33 bits per heavy atom. The van der Waals surface area contributed by atoms with Gasteiger partial charge in [0.15, 0.2) is 0 Å². The van der Waals surface area contributed by atoms with Crippen LogP contribution in [-0.2, 0) is 16.8 Å². The summed E-state index contributed by atoms with van der Waals surface area (Å²) in [6, 6.07) is 7.88. The first-order chi connectivity index (χ1) is 11.7. The van der Waals surface area contributed by atoms with Gasteiger partial charge in [0.25, 0.3) is 5.91 Å². The summed E-state index contributed by atoms with van der Waals surface area (Å²) >= 11 is 1.38. The standard InChI is InChI=1S/C18H20N2O3S/c21-16(15-10-19-17(24-15)14-6-3-9-23-14)20-11-18(22)8-7-12-4-1-2-5-13(12)18/h1-2,4-5,10,14,22H,3,6-9,11H2,(H,20,21). The first-order valence-electron chi connectivity index (χ1n) is 8.32. The maximum atomic E-state index is 12.4. The smallest absolute Gasteiger partial charge is 0.263 e. The van der Waals surface area contributed by atoms with E-state index in [2.05, 4.69) is 10.3 Å². The zero-order valence-corrected chi connectivity index (χ0v) is 14.1. The quantitative estimate of drug-likeness (QED) is 0.894. The van der Waals surface area contributed by atoms with Crippen LogP contribution in [0.4, 0.5) is 0 Å². The Bertz CT molecular complexity index is 754. The minimum Gasteiger partial charge on any atom is -0.383 e. The van der Waals surface area contributed by atoms with Gasteiger partial charge in [0.2, 0.25) is 0 Å². The molecular formula is C18H20N2O3S. The van der Waals surface area contributed by atoms with E-state index >= 15 is 0 Å². The Morgan fingerprint density at radius 3 is 3.17 bits per heavy atom. The molecule has 2 heterocycles. The Kier molecular flexibility index (Phi) is 4.12. The number of fused-ring (bicyclic) bond motifs is 1. The fourth-order valence-electron chi connectivity index (χ4n) is 3.48. The van der Waals surface area contributed by atoms with Gasteiger partial charge in [0.05, 0.1) is 12.7 Å². The van der Waals surface area contributed by atoms with E-state index in [1.165, 1.54) is 11.3 Å². The summed E-state index contributed by atoms with van der Waals surface area (Å²) in [4.78, 5) is 17.3. The van der Waals surface area contributed by atoms with Gasteiger partial charge in [-0.3, -0.25) is 4.79 Å². The molecule has 1 fully saturated rings. The molecule has 24 heavy (non-hydrogen) atoms. The van der Waals surface area contributed by atoms with Gasteiger partial charge in [-0.1, -0.05) is 24.3 Å². The summed E-state index contributed by atoms with van der Waals surface area (Å²) in [5.74, 6) is -0.186. The lowest BCUT2D eigenvalue weighted by molar-refractivity contribution is 0.0370. The van der Waals surface area contributed by atoms with Crippen molar-refractivity contribution >= 4 is 17.2 Å². The lowest BCUT2D eigenvalue weighted by Crippen LogP contribution is -2.39. The third kappa shape index (κ3) is 2.85. The molecule has 1 saturated heterocycles. The average Bonchev–Trinajstić information content (AvgIpc) is 3.33. The minimum atomic E-state index is -0.978. The number of aryl methyl sites for hydroxylation is 1. The summed E-state index contributed by atoms with van der Waals surface area (Å²) < 4.78 is 5.60. The van der Waals surface area contributed by atoms with Gasteiger partial charge in [-0.2, -0.15) is 0 Å². The van der Waals surface area contributed by atoms with Crippen LogP contribution in [0, 0.1) is 0 Å². The van der Waals surface area contributed by atoms with Crippen LogP contribution in [-0.4, -0.2) is 29.1 Å². The van der Waals surface area contributed by atoms with Gasteiger partial charge < -0.3 is 15.2 Å². The molecule has 2 N–H and O–H groups in total. The number of aromatic nitrogens is 1. The topological polar surface area (TPSA) is 71.5 Å². The molecule has 1 aromatic heterocycles. The predicted octanol–water partition coefficient (Wildman–Crippen LogP) is 2.56. The Hall–Kier alpha value is -1.76. The second-order valence-electron chi connectivity index (χ2n) is 6.44. The van der Waals surface area contributed by atoms with E-state index < -0.39 is 5.60 Å². The number of carbonyl (C=O) groups is 1. The number of carbonyl (C=O) groups excluding carboxylic acids is 1. The number of ether oxygens (including phenoxy) is 1. The summed E-state index contributed by atoms with van der Waals surface area (Å²) in [6.07, 6.45) is 5.11. The van der Waals surface area contributed by atoms with Crippen LogP contribution in [0.1, 0.15) is 51.2 Å². The minimum absolute atomic E-state index is 0.0300. The highest BCUT2D eigenvalue weighted by Crippen LogP contribution is 2.36. The molecule has 0 bridgehead atoms. The van der Waals surface area contributed by atoms with E-state index in [1.54, 1.807) is 6.20 Å². The molecular weight excluding hydrogens is 324 g/mol. The third-order valence-corrected chi connectivity index (χ3v) is 5.91. The first-order valence-corrected chi connectivity index (χ1v) is 9.14. The van der Waals surface area contributed by atoms with Crippen LogP contribution in [0.2, 0.25) is 0 Å². The van der Waals surface area contributed by atoms with Crippen molar-refractivity contribution in [3.05, 3.63) is 51.5 Å².